The Morgan fingerprint density at radius 3 is 2.80 bits per heavy atom. The summed E-state index contributed by atoms with van der Waals surface area (Å²) >= 11 is 8.47. The van der Waals surface area contributed by atoms with Gasteiger partial charge in [-0.2, -0.15) is 4.31 Å². The maximum atomic E-state index is 13.9. The molecule has 0 saturated carbocycles. The number of hydrogen-bond acceptors (Lipinski definition) is 7. The second-order valence-corrected chi connectivity index (χ2v) is 13.6. The molecule has 4 aromatic rings. The van der Waals surface area contributed by atoms with Crippen LogP contribution in [0.2, 0.25) is 4.34 Å². The van der Waals surface area contributed by atoms with E-state index in [1.165, 1.54) is 21.7 Å². The molecule has 1 amide bonds. The molecule has 1 fully saturated rings. The van der Waals surface area contributed by atoms with E-state index in [-0.39, 0.29) is 23.2 Å². The highest BCUT2D eigenvalue weighted by Crippen LogP contribution is 2.35. The van der Waals surface area contributed by atoms with Gasteiger partial charge in [0.25, 0.3) is 10.0 Å². The fourth-order valence-corrected chi connectivity index (χ4v) is 8.73. The van der Waals surface area contributed by atoms with Gasteiger partial charge in [-0.3, -0.25) is 9.69 Å². The van der Waals surface area contributed by atoms with Gasteiger partial charge in [-0.05, 0) is 68.1 Å². The zero-order chi connectivity index (χ0) is 24.7. The third kappa shape index (κ3) is 4.90. The Balaban J connectivity index is 1.46. The third-order valence-electron chi connectivity index (χ3n) is 6.09. The van der Waals surface area contributed by atoms with E-state index >= 15 is 0 Å². The molecule has 5 rings (SSSR count). The molecule has 1 aliphatic rings. The van der Waals surface area contributed by atoms with Gasteiger partial charge in [-0.25, -0.2) is 13.4 Å². The number of amides is 1. The molecule has 4 heterocycles. The van der Waals surface area contributed by atoms with Gasteiger partial charge in [0.2, 0.25) is 5.91 Å². The molecule has 3 aromatic heterocycles. The number of fused-ring (bicyclic) bond motifs is 1. The summed E-state index contributed by atoms with van der Waals surface area (Å²) < 4.78 is 34.9. The van der Waals surface area contributed by atoms with Crippen LogP contribution in [0.15, 0.2) is 51.3 Å². The average molecular weight is 550 g/mol. The first-order valence-corrected chi connectivity index (χ1v) is 14.6. The Bertz CT molecular complexity index is 1480. The number of benzene rings is 1. The topological polar surface area (TPSA) is 83.7 Å². The molecule has 1 aliphatic heterocycles. The number of thiazole rings is 1. The Hall–Kier alpha value is -2.24. The van der Waals surface area contributed by atoms with Crippen molar-refractivity contribution in [1.82, 2.24) is 9.29 Å². The summed E-state index contributed by atoms with van der Waals surface area (Å²) in [6, 6.07) is 10.8. The summed E-state index contributed by atoms with van der Waals surface area (Å²) in [5, 5.41) is 0.583. The van der Waals surface area contributed by atoms with Gasteiger partial charge in [0.05, 0.1) is 33.3 Å². The zero-order valence-electron chi connectivity index (χ0n) is 19.2. The van der Waals surface area contributed by atoms with Crippen molar-refractivity contribution < 1.29 is 17.6 Å². The largest absolute Gasteiger partial charge is 0.467 e. The van der Waals surface area contributed by atoms with E-state index in [1.807, 2.05) is 19.9 Å². The molecule has 0 N–H and O–H groups in total. The van der Waals surface area contributed by atoms with E-state index < -0.39 is 15.9 Å². The number of rotatable bonds is 6. The number of piperidine rings is 1. The van der Waals surface area contributed by atoms with Crippen LogP contribution in [-0.4, -0.2) is 36.7 Å². The SMILES string of the molecule is Cc1cc(C)c2nc(N(Cc3ccco3)C(=O)C3CCCN(S(=O)(=O)c4ccc(Cl)s4)C3)sc2c1. The molecule has 1 atom stereocenters. The number of carbonyl (C=O) groups is 1. The maximum Gasteiger partial charge on any atom is 0.252 e. The van der Waals surface area contributed by atoms with Crippen molar-refractivity contribution in [2.24, 2.45) is 5.92 Å². The van der Waals surface area contributed by atoms with Gasteiger partial charge in [0.1, 0.15) is 9.97 Å². The number of aromatic nitrogens is 1. The first-order chi connectivity index (χ1) is 16.7. The smallest absolute Gasteiger partial charge is 0.252 e. The van der Waals surface area contributed by atoms with Crippen molar-refractivity contribution in [3.63, 3.8) is 0 Å². The molecule has 0 radical (unpaired) electrons. The average Bonchev–Trinajstić information content (AvgIpc) is 3.58. The van der Waals surface area contributed by atoms with Crippen molar-refractivity contribution in [1.29, 1.82) is 0 Å². The Morgan fingerprint density at radius 1 is 1.26 bits per heavy atom. The van der Waals surface area contributed by atoms with Crippen LogP contribution in [0.25, 0.3) is 10.2 Å². The lowest BCUT2D eigenvalue weighted by atomic mass is 9.98. The summed E-state index contributed by atoms with van der Waals surface area (Å²) in [6.07, 6.45) is 2.78. The van der Waals surface area contributed by atoms with Gasteiger partial charge in [-0.1, -0.05) is 29.0 Å². The van der Waals surface area contributed by atoms with Crippen LogP contribution in [0, 0.1) is 19.8 Å². The first kappa shape index (κ1) is 24.5. The van der Waals surface area contributed by atoms with E-state index in [1.54, 1.807) is 23.3 Å². The summed E-state index contributed by atoms with van der Waals surface area (Å²) in [6.45, 7) is 4.77. The van der Waals surface area contributed by atoms with Crippen molar-refractivity contribution in [3.05, 3.63) is 63.9 Å². The molecule has 0 bridgehead atoms. The molecule has 0 spiro atoms. The minimum absolute atomic E-state index is 0.119. The normalized spacial score (nSPS) is 17.2. The van der Waals surface area contributed by atoms with Gasteiger partial charge < -0.3 is 4.42 Å². The summed E-state index contributed by atoms with van der Waals surface area (Å²) in [5.41, 5.74) is 3.06. The van der Waals surface area contributed by atoms with Crippen molar-refractivity contribution >= 4 is 65.6 Å². The van der Waals surface area contributed by atoms with Crippen LogP contribution < -0.4 is 4.90 Å². The Morgan fingerprint density at radius 2 is 2.09 bits per heavy atom. The van der Waals surface area contributed by atoms with Gasteiger partial charge in [0.15, 0.2) is 5.13 Å². The highest BCUT2D eigenvalue weighted by Gasteiger charge is 2.37. The second-order valence-electron chi connectivity index (χ2n) is 8.69. The van der Waals surface area contributed by atoms with E-state index in [0.29, 0.717) is 34.6 Å². The molecule has 11 heteroatoms. The van der Waals surface area contributed by atoms with Crippen molar-refractivity contribution in [2.75, 3.05) is 18.0 Å². The Labute approximate surface area is 217 Å². The van der Waals surface area contributed by atoms with Gasteiger partial charge in [-0.15, -0.1) is 11.3 Å². The number of thiophene rings is 1. The van der Waals surface area contributed by atoms with E-state index in [4.69, 9.17) is 21.0 Å². The highest BCUT2D eigenvalue weighted by molar-refractivity contribution is 7.91. The first-order valence-electron chi connectivity index (χ1n) is 11.2. The van der Waals surface area contributed by atoms with Gasteiger partial charge in [0, 0.05) is 13.1 Å². The molecule has 0 aliphatic carbocycles. The second kappa shape index (κ2) is 9.67. The molecule has 1 saturated heterocycles. The number of halogens is 1. The van der Waals surface area contributed by atoms with Gasteiger partial charge >= 0.3 is 0 Å². The van der Waals surface area contributed by atoms with E-state index in [2.05, 4.69) is 12.1 Å². The molecule has 184 valence electrons. The van der Waals surface area contributed by atoms with Crippen molar-refractivity contribution in [3.8, 4) is 0 Å². The fourth-order valence-electron chi connectivity index (χ4n) is 4.42. The number of aryl methyl sites for hydroxylation is 2. The lowest BCUT2D eigenvalue weighted by molar-refractivity contribution is -0.123. The predicted octanol–water partition coefficient (Wildman–Crippen LogP) is 5.86. The quantitative estimate of drug-likeness (QED) is 0.301. The minimum Gasteiger partial charge on any atom is -0.467 e. The lowest BCUT2D eigenvalue weighted by Gasteiger charge is -2.33. The van der Waals surface area contributed by atoms with E-state index in [0.717, 1.165) is 32.7 Å². The lowest BCUT2D eigenvalue weighted by Crippen LogP contribution is -2.46. The fraction of sp³-hybridized carbons (Fsp3) is 0.333. The van der Waals surface area contributed by atoms with Crippen LogP contribution in [0.1, 0.15) is 29.7 Å². The Kier molecular flexibility index (Phi) is 6.75. The van der Waals surface area contributed by atoms with Crippen LogP contribution in [-0.2, 0) is 21.4 Å². The highest BCUT2D eigenvalue weighted by atomic mass is 35.5. The maximum absolute atomic E-state index is 13.9. The number of sulfonamides is 1. The number of nitrogens with zero attached hydrogens (tertiary/aromatic N) is 3. The monoisotopic (exact) mass is 549 g/mol. The van der Waals surface area contributed by atoms with E-state index in [9.17, 15) is 13.2 Å². The number of hydrogen-bond donors (Lipinski definition) is 0. The van der Waals surface area contributed by atoms with Crippen LogP contribution in [0.5, 0.6) is 0 Å². The number of carbonyl (C=O) groups excluding carboxylic acids is 1. The summed E-state index contributed by atoms with van der Waals surface area (Å²) in [5.74, 6) is -0.00303. The van der Waals surface area contributed by atoms with Crippen LogP contribution in [0.3, 0.4) is 0 Å². The molecular formula is C24H24ClN3O4S3. The summed E-state index contributed by atoms with van der Waals surface area (Å²) in [7, 11) is -3.71. The standard InChI is InChI=1S/C24H24ClN3O4S3/c1-15-11-16(2)22-19(12-15)33-24(26-22)28(14-18-6-4-10-32-18)23(29)17-5-3-9-27(13-17)35(30,31)21-8-7-20(25)34-21/h4,6-8,10-12,17H,3,5,9,13-14H2,1-2H3. The molecule has 7 nitrogen and oxygen atoms in total. The zero-order valence-corrected chi connectivity index (χ0v) is 22.4. The molecule has 35 heavy (non-hydrogen) atoms. The van der Waals surface area contributed by atoms with Crippen LogP contribution >= 0.6 is 34.3 Å². The molecule has 1 aromatic carbocycles. The van der Waals surface area contributed by atoms with Crippen LogP contribution in [0.4, 0.5) is 5.13 Å². The predicted molar refractivity (Wildman–Crippen MR) is 140 cm³/mol. The summed E-state index contributed by atoms with van der Waals surface area (Å²) in [4.78, 5) is 20.3. The number of anilines is 1. The molecular weight excluding hydrogens is 526 g/mol. The third-order valence-corrected chi connectivity index (χ3v) is 10.7. The number of furan rings is 1. The van der Waals surface area contributed by atoms with Crippen molar-refractivity contribution in [2.45, 2.75) is 37.4 Å². The molecule has 1 unspecified atom stereocenters. The minimum atomic E-state index is -3.71.